The minimum Gasteiger partial charge on any atom is -0.497 e. The van der Waals surface area contributed by atoms with Crippen LogP contribution in [0.5, 0.6) is 5.75 Å². The number of benzene rings is 2. The fourth-order valence-corrected chi connectivity index (χ4v) is 4.63. The number of hydrogen-bond acceptors (Lipinski definition) is 6. The number of halogens is 1. The Kier molecular flexibility index (Phi) is 4.43. The Balaban J connectivity index is 1.57. The number of ether oxygens (including phenoxy) is 1. The van der Waals surface area contributed by atoms with Gasteiger partial charge in [0.25, 0.3) is 0 Å². The van der Waals surface area contributed by atoms with Crippen LogP contribution in [0, 0.1) is 17.7 Å². The van der Waals surface area contributed by atoms with Crippen molar-refractivity contribution in [2.45, 2.75) is 12.1 Å². The monoisotopic (exact) mass is 419 g/mol. The van der Waals surface area contributed by atoms with E-state index in [1.165, 1.54) is 36.5 Å². The van der Waals surface area contributed by atoms with Crippen LogP contribution in [0.15, 0.2) is 65.8 Å². The summed E-state index contributed by atoms with van der Waals surface area (Å²) in [5, 5.41) is 5.82. The fourth-order valence-electron chi connectivity index (χ4n) is 4.63. The third-order valence-corrected chi connectivity index (χ3v) is 6.03. The summed E-state index contributed by atoms with van der Waals surface area (Å²) in [6, 6.07) is 10.6. The molecule has 2 aromatic rings. The first-order valence-electron chi connectivity index (χ1n) is 9.82. The van der Waals surface area contributed by atoms with E-state index in [1.54, 1.807) is 42.5 Å². The molecule has 2 saturated heterocycles. The minimum atomic E-state index is -0.974. The van der Waals surface area contributed by atoms with Gasteiger partial charge in [0.2, 0.25) is 11.8 Å². The van der Waals surface area contributed by atoms with Crippen molar-refractivity contribution in [2.75, 3.05) is 12.0 Å². The summed E-state index contributed by atoms with van der Waals surface area (Å²) in [5.41, 5.74) is 0.275. The normalized spacial score (nSPS) is 26.3. The SMILES string of the molecule is COc1ccc(C(=O)[C@@H]2[C@@H]3C(=O)N(c4ccccc4F)C(=O)[C@@H]3[C@@H]3C=CC=NN23)cc1. The number of nitrogens with zero attached hydrogens (tertiary/aromatic N) is 3. The third-order valence-electron chi connectivity index (χ3n) is 6.03. The molecule has 7 nitrogen and oxygen atoms in total. The van der Waals surface area contributed by atoms with Crippen molar-refractivity contribution in [3.05, 3.63) is 72.1 Å². The van der Waals surface area contributed by atoms with Crippen LogP contribution in [-0.4, -0.2) is 48.0 Å². The molecule has 0 aliphatic carbocycles. The standard InChI is InChI=1S/C23H18FN3O4/c1-31-14-10-8-13(9-11-14)21(28)20-19-18(17-7-4-12-25-27(17)20)22(29)26(23(19)30)16-6-3-2-5-15(16)24/h2-12,17-20H,1H3/t17-,18+,19+,20-/m0/s1. The van der Waals surface area contributed by atoms with Crippen LogP contribution in [0.4, 0.5) is 10.1 Å². The Bertz CT molecular complexity index is 1140. The average molecular weight is 419 g/mol. The van der Waals surface area contributed by atoms with Crippen molar-refractivity contribution in [1.82, 2.24) is 5.01 Å². The van der Waals surface area contributed by atoms with Gasteiger partial charge in [-0.05, 0) is 42.5 Å². The molecule has 0 unspecified atom stereocenters. The number of carbonyl (C=O) groups is 3. The lowest BCUT2D eigenvalue weighted by atomic mass is 9.86. The summed E-state index contributed by atoms with van der Waals surface area (Å²) in [6.07, 6.45) is 4.96. The molecule has 0 bridgehead atoms. The molecule has 2 amide bonds. The summed E-state index contributed by atoms with van der Waals surface area (Å²) in [4.78, 5) is 41.0. The number of Topliss-reactive ketones (excluding diaryl/α,β-unsaturated/α-hetero) is 1. The van der Waals surface area contributed by atoms with Crippen LogP contribution in [0.3, 0.4) is 0 Å². The third kappa shape index (κ3) is 2.78. The van der Waals surface area contributed by atoms with Gasteiger partial charge < -0.3 is 4.74 Å². The van der Waals surface area contributed by atoms with Crippen LogP contribution < -0.4 is 9.64 Å². The zero-order chi connectivity index (χ0) is 21.7. The molecule has 0 aromatic heterocycles. The molecule has 2 fully saturated rings. The van der Waals surface area contributed by atoms with E-state index in [0.717, 1.165) is 4.90 Å². The molecule has 3 aliphatic heterocycles. The highest BCUT2D eigenvalue weighted by Gasteiger charge is 2.64. The van der Waals surface area contributed by atoms with Crippen LogP contribution in [0.25, 0.3) is 0 Å². The lowest BCUT2D eigenvalue weighted by molar-refractivity contribution is -0.123. The molecule has 31 heavy (non-hydrogen) atoms. The summed E-state index contributed by atoms with van der Waals surface area (Å²) in [5.74, 6) is -3.32. The molecule has 3 heterocycles. The first kappa shape index (κ1) is 19.2. The molecule has 3 aliphatic rings. The molecule has 5 rings (SSSR count). The molecule has 0 N–H and O–H groups in total. The fraction of sp³-hybridized carbons (Fsp3) is 0.217. The van der Waals surface area contributed by atoms with Gasteiger partial charge in [0.1, 0.15) is 17.6 Å². The quantitative estimate of drug-likeness (QED) is 0.562. The smallest absolute Gasteiger partial charge is 0.240 e. The van der Waals surface area contributed by atoms with Gasteiger partial charge in [0.05, 0.1) is 30.7 Å². The number of allylic oxidation sites excluding steroid dienone is 1. The van der Waals surface area contributed by atoms with Gasteiger partial charge in [0.15, 0.2) is 5.78 Å². The van der Waals surface area contributed by atoms with Crippen molar-refractivity contribution in [2.24, 2.45) is 16.9 Å². The number of fused-ring (bicyclic) bond motifs is 3. The number of imide groups is 1. The van der Waals surface area contributed by atoms with Gasteiger partial charge in [0, 0.05) is 11.8 Å². The lowest BCUT2D eigenvalue weighted by Gasteiger charge is -2.30. The molecular weight excluding hydrogens is 401 g/mol. The number of methoxy groups -OCH3 is 1. The van der Waals surface area contributed by atoms with Crippen LogP contribution in [0.1, 0.15) is 10.4 Å². The summed E-state index contributed by atoms with van der Waals surface area (Å²) >= 11 is 0. The van der Waals surface area contributed by atoms with Gasteiger partial charge >= 0.3 is 0 Å². The first-order chi connectivity index (χ1) is 15.0. The molecule has 8 heteroatoms. The first-order valence-corrected chi connectivity index (χ1v) is 9.82. The highest BCUT2D eigenvalue weighted by molar-refractivity contribution is 6.24. The highest BCUT2D eigenvalue weighted by Crippen LogP contribution is 2.46. The second-order valence-corrected chi connectivity index (χ2v) is 7.57. The number of rotatable bonds is 4. The van der Waals surface area contributed by atoms with E-state index in [2.05, 4.69) is 5.10 Å². The largest absolute Gasteiger partial charge is 0.497 e. The van der Waals surface area contributed by atoms with E-state index in [-0.39, 0.29) is 11.5 Å². The van der Waals surface area contributed by atoms with Gasteiger partial charge in [-0.15, -0.1) is 0 Å². The Labute approximate surface area is 177 Å². The zero-order valence-electron chi connectivity index (χ0n) is 16.5. The number of hydrogen-bond donors (Lipinski definition) is 0. The Morgan fingerprint density at radius 1 is 1.03 bits per heavy atom. The van der Waals surface area contributed by atoms with E-state index in [9.17, 15) is 18.8 Å². The van der Waals surface area contributed by atoms with E-state index < -0.39 is 41.6 Å². The molecule has 0 spiro atoms. The highest BCUT2D eigenvalue weighted by atomic mass is 19.1. The molecule has 0 radical (unpaired) electrons. The number of hydrazone groups is 1. The maximum absolute atomic E-state index is 14.4. The predicted molar refractivity (Wildman–Crippen MR) is 110 cm³/mol. The number of amides is 2. The minimum absolute atomic E-state index is 0.0996. The Morgan fingerprint density at radius 2 is 1.74 bits per heavy atom. The van der Waals surface area contributed by atoms with E-state index in [4.69, 9.17) is 4.74 Å². The van der Waals surface area contributed by atoms with Gasteiger partial charge in [-0.1, -0.05) is 18.2 Å². The van der Waals surface area contributed by atoms with E-state index >= 15 is 0 Å². The van der Waals surface area contributed by atoms with Gasteiger partial charge in [-0.3, -0.25) is 19.4 Å². The molecule has 2 aromatic carbocycles. The Hall–Kier alpha value is -3.81. The van der Waals surface area contributed by atoms with Crippen LogP contribution in [0.2, 0.25) is 0 Å². The Morgan fingerprint density at radius 3 is 2.45 bits per heavy atom. The topological polar surface area (TPSA) is 79.3 Å². The molecule has 0 saturated carbocycles. The maximum atomic E-state index is 14.4. The number of para-hydroxylation sites is 1. The summed E-state index contributed by atoms with van der Waals surface area (Å²) < 4.78 is 19.6. The van der Waals surface area contributed by atoms with Crippen LogP contribution >= 0.6 is 0 Å². The second-order valence-electron chi connectivity index (χ2n) is 7.57. The van der Waals surface area contributed by atoms with Crippen molar-refractivity contribution in [3.63, 3.8) is 0 Å². The van der Waals surface area contributed by atoms with Gasteiger partial charge in [-0.25, -0.2) is 9.29 Å². The van der Waals surface area contributed by atoms with Crippen molar-refractivity contribution < 1.29 is 23.5 Å². The summed E-state index contributed by atoms with van der Waals surface area (Å²) in [6.45, 7) is 0. The molecule has 156 valence electrons. The lowest BCUT2D eigenvalue weighted by Crippen LogP contribution is -2.46. The van der Waals surface area contributed by atoms with Gasteiger partial charge in [-0.2, -0.15) is 5.10 Å². The number of anilines is 1. The predicted octanol–water partition coefficient (Wildman–Crippen LogP) is 2.43. The second kappa shape index (κ2) is 7.16. The van der Waals surface area contributed by atoms with Crippen molar-refractivity contribution in [3.8, 4) is 5.75 Å². The molecule has 4 atom stereocenters. The van der Waals surface area contributed by atoms with Crippen molar-refractivity contribution >= 4 is 29.5 Å². The van der Waals surface area contributed by atoms with E-state index in [1.807, 2.05) is 0 Å². The number of ketones is 1. The summed E-state index contributed by atoms with van der Waals surface area (Å²) in [7, 11) is 1.53. The average Bonchev–Trinajstić information content (AvgIpc) is 3.27. The van der Waals surface area contributed by atoms with E-state index in [0.29, 0.717) is 11.3 Å². The zero-order valence-corrected chi connectivity index (χ0v) is 16.5. The van der Waals surface area contributed by atoms with Crippen molar-refractivity contribution in [1.29, 1.82) is 0 Å². The maximum Gasteiger partial charge on any atom is 0.240 e. The molecular formula is C23H18FN3O4. The van der Waals surface area contributed by atoms with Crippen LogP contribution in [-0.2, 0) is 9.59 Å². The number of carbonyl (C=O) groups excluding carboxylic acids is 3.